The zero-order chi connectivity index (χ0) is 18.9. The average molecular weight is 396 g/mol. The van der Waals surface area contributed by atoms with Crippen LogP contribution in [0.25, 0.3) is 0 Å². The summed E-state index contributed by atoms with van der Waals surface area (Å²) in [6.07, 6.45) is 7.21. The summed E-state index contributed by atoms with van der Waals surface area (Å²) in [6.45, 7) is 3.57. The molecule has 2 aliphatic heterocycles. The summed E-state index contributed by atoms with van der Waals surface area (Å²) in [5, 5.41) is 9.53. The van der Waals surface area contributed by atoms with Crippen LogP contribution in [0.5, 0.6) is 0 Å². The lowest BCUT2D eigenvalue weighted by Crippen LogP contribution is -2.42. The smallest absolute Gasteiger partial charge is 0.217 e. The second-order valence-corrected chi connectivity index (χ2v) is 9.96. The van der Waals surface area contributed by atoms with Crippen LogP contribution in [0, 0.1) is 0 Å². The molecule has 3 fully saturated rings. The molecule has 2 saturated heterocycles. The van der Waals surface area contributed by atoms with Gasteiger partial charge in [-0.05, 0) is 38.5 Å². The fourth-order valence-electron chi connectivity index (χ4n) is 4.11. The van der Waals surface area contributed by atoms with Crippen LogP contribution in [0.4, 0.5) is 11.6 Å². The minimum Gasteiger partial charge on any atom is -0.394 e. The number of hydrogen-bond acceptors (Lipinski definition) is 7. The van der Waals surface area contributed by atoms with Crippen molar-refractivity contribution in [2.75, 3.05) is 49.1 Å². The highest BCUT2D eigenvalue weighted by Crippen LogP contribution is 2.32. The summed E-state index contributed by atoms with van der Waals surface area (Å²) in [5.74, 6) is 1.69. The van der Waals surface area contributed by atoms with Crippen LogP contribution in [0.15, 0.2) is 12.4 Å². The molecule has 1 aliphatic carbocycles. The molecule has 1 aromatic rings. The van der Waals surface area contributed by atoms with E-state index < -0.39 is 10.0 Å². The van der Waals surface area contributed by atoms with Gasteiger partial charge in [-0.2, -0.15) is 4.31 Å². The lowest BCUT2D eigenvalue weighted by Gasteiger charge is -2.36. The van der Waals surface area contributed by atoms with Gasteiger partial charge < -0.3 is 14.9 Å². The number of aliphatic hydroxyl groups is 1. The predicted octanol–water partition coefficient (Wildman–Crippen LogP) is 0.832. The number of sulfonamides is 1. The fourth-order valence-corrected chi connectivity index (χ4v) is 5.99. The minimum atomic E-state index is -3.12. The molecule has 3 aliphatic rings. The standard InChI is InChI=1S/C18H29N5O3S/c24-13-15-4-1-2-9-23(15)18-12-17(19-14-20-18)21-7-3-8-22(11-10-21)27(25,26)16-5-6-16/h12,14-16,24H,1-11,13H2. The zero-order valence-electron chi connectivity index (χ0n) is 15.7. The molecule has 3 heterocycles. The van der Waals surface area contributed by atoms with Gasteiger partial charge >= 0.3 is 0 Å². The van der Waals surface area contributed by atoms with Crippen molar-refractivity contribution in [3.05, 3.63) is 12.4 Å². The van der Waals surface area contributed by atoms with Crippen LogP contribution in [0.2, 0.25) is 0 Å². The molecule has 27 heavy (non-hydrogen) atoms. The number of hydrogen-bond donors (Lipinski definition) is 1. The summed E-state index contributed by atoms with van der Waals surface area (Å²) >= 11 is 0. The normalized spacial score (nSPS) is 25.4. The highest BCUT2D eigenvalue weighted by atomic mass is 32.2. The van der Waals surface area contributed by atoms with Crippen molar-refractivity contribution in [2.45, 2.75) is 49.8 Å². The van der Waals surface area contributed by atoms with E-state index in [-0.39, 0.29) is 17.9 Å². The highest BCUT2D eigenvalue weighted by Gasteiger charge is 2.40. The Kier molecular flexibility index (Phi) is 5.52. The summed E-state index contributed by atoms with van der Waals surface area (Å²) in [6, 6.07) is 2.10. The Morgan fingerprint density at radius 3 is 2.56 bits per heavy atom. The maximum absolute atomic E-state index is 12.5. The number of rotatable bonds is 5. The van der Waals surface area contributed by atoms with Gasteiger partial charge in [0.05, 0.1) is 17.9 Å². The number of aromatic nitrogens is 2. The first kappa shape index (κ1) is 18.9. The van der Waals surface area contributed by atoms with Gasteiger partial charge in [0, 0.05) is 38.8 Å². The quantitative estimate of drug-likeness (QED) is 0.790. The summed E-state index contributed by atoms with van der Waals surface area (Å²) in [7, 11) is -3.12. The zero-order valence-corrected chi connectivity index (χ0v) is 16.5. The van der Waals surface area contributed by atoms with E-state index in [1.165, 1.54) is 0 Å². The molecule has 0 amide bonds. The van der Waals surface area contributed by atoms with Crippen LogP contribution >= 0.6 is 0 Å². The molecule has 1 saturated carbocycles. The topological polar surface area (TPSA) is 89.9 Å². The third-order valence-corrected chi connectivity index (χ3v) is 8.25. The molecule has 1 atom stereocenters. The van der Waals surface area contributed by atoms with Gasteiger partial charge in [-0.1, -0.05) is 0 Å². The van der Waals surface area contributed by atoms with Gasteiger partial charge in [-0.3, -0.25) is 0 Å². The van der Waals surface area contributed by atoms with E-state index in [9.17, 15) is 13.5 Å². The van der Waals surface area contributed by atoms with Gasteiger partial charge in [0.2, 0.25) is 10.0 Å². The molecule has 150 valence electrons. The van der Waals surface area contributed by atoms with Crippen molar-refractivity contribution in [3.63, 3.8) is 0 Å². The van der Waals surface area contributed by atoms with E-state index in [0.29, 0.717) is 19.6 Å². The molecule has 1 N–H and O–H groups in total. The Morgan fingerprint density at radius 1 is 0.963 bits per heavy atom. The van der Waals surface area contributed by atoms with Crippen LogP contribution in [0.1, 0.15) is 38.5 Å². The molecule has 0 aromatic carbocycles. The number of aliphatic hydroxyl groups excluding tert-OH is 1. The van der Waals surface area contributed by atoms with Gasteiger partial charge in [0.25, 0.3) is 0 Å². The van der Waals surface area contributed by atoms with Gasteiger partial charge in [0.15, 0.2) is 0 Å². The number of anilines is 2. The maximum atomic E-state index is 12.5. The summed E-state index contributed by atoms with van der Waals surface area (Å²) < 4.78 is 26.7. The van der Waals surface area contributed by atoms with Crippen molar-refractivity contribution < 1.29 is 13.5 Å². The third kappa shape index (κ3) is 4.05. The van der Waals surface area contributed by atoms with Crippen LogP contribution in [0.3, 0.4) is 0 Å². The van der Waals surface area contributed by atoms with Crippen LogP contribution in [-0.2, 0) is 10.0 Å². The lowest BCUT2D eigenvalue weighted by atomic mass is 10.0. The molecule has 9 heteroatoms. The van der Waals surface area contributed by atoms with Crippen LogP contribution < -0.4 is 9.80 Å². The van der Waals surface area contributed by atoms with E-state index >= 15 is 0 Å². The van der Waals surface area contributed by atoms with E-state index in [4.69, 9.17) is 0 Å². The first-order valence-corrected chi connectivity index (χ1v) is 11.5. The molecule has 8 nitrogen and oxygen atoms in total. The van der Waals surface area contributed by atoms with Crippen molar-refractivity contribution in [1.29, 1.82) is 0 Å². The predicted molar refractivity (Wildman–Crippen MR) is 104 cm³/mol. The summed E-state index contributed by atoms with van der Waals surface area (Å²) in [4.78, 5) is 13.2. The number of piperidine rings is 1. The van der Waals surface area contributed by atoms with Crippen molar-refractivity contribution in [3.8, 4) is 0 Å². The Hall–Kier alpha value is -1.45. The van der Waals surface area contributed by atoms with E-state index in [1.807, 2.05) is 6.07 Å². The minimum absolute atomic E-state index is 0.116. The maximum Gasteiger partial charge on any atom is 0.217 e. The molecule has 1 unspecified atom stereocenters. The largest absolute Gasteiger partial charge is 0.394 e. The van der Waals surface area contributed by atoms with E-state index in [2.05, 4.69) is 19.8 Å². The van der Waals surface area contributed by atoms with Gasteiger partial charge in [-0.15, -0.1) is 0 Å². The molecule has 4 rings (SSSR count). The van der Waals surface area contributed by atoms with Crippen molar-refractivity contribution in [1.82, 2.24) is 14.3 Å². The Labute approximate surface area is 161 Å². The Morgan fingerprint density at radius 2 is 1.78 bits per heavy atom. The van der Waals surface area contributed by atoms with Crippen LogP contribution in [-0.4, -0.2) is 78.4 Å². The molecule has 0 radical (unpaired) electrons. The second kappa shape index (κ2) is 7.89. The monoisotopic (exact) mass is 395 g/mol. The molecule has 1 aromatic heterocycles. The third-order valence-electron chi connectivity index (χ3n) is 5.85. The average Bonchev–Trinajstić information content (AvgIpc) is 3.55. The van der Waals surface area contributed by atoms with Gasteiger partial charge in [0.1, 0.15) is 18.0 Å². The highest BCUT2D eigenvalue weighted by molar-refractivity contribution is 7.90. The molecule has 0 bridgehead atoms. The molecular formula is C18H29N5O3S. The first-order chi connectivity index (χ1) is 13.1. The van der Waals surface area contributed by atoms with E-state index in [0.717, 1.165) is 63.3 Å². The van der Waals surface area contributed by atoms with Crippen molar-refractivity contribution >= 4 is 21.7 Å². The van der Waals surface area contributed by atoms with Gasteiger partial charge in [-0.25, -0.2) is 18.4 Å². The summed E-state index contributed by atoms with van der Waals surface area (Å²) in [5.41, 5.74) is 0. The fraction of sp³-hybridized carbons (Fsp3) is 0.778. The van der Waals surface area contributed by atoms with E-state index in [1.54, 1.807) is 10.6 Å². The Bertz CT molecular complexity index is 755. The lowest BCUT2D eigenvalue weighted by molar-refractivity contribution is 0.239. The Balaban J connectivity index is 1.47. The SMILES string of the molecule is O=S(=O)(C1CC1)N1CCCN(c2cc(N3CCCCC3CO)ncn2)CC1. The molecular weight excluding hydrogens is 366 g/mol. The first-order valence-electron chi connectivity index (χ1n) is 10.0. The second-order valence-electron chi connectivity index (χ2n) is 7.74. The van der Waals surface area contributed by atoms with Crippen molar-refractivity contribution in [2.24, 2.45) is 0 Å². The number of nitrogens with zero attached hydrogens (tertiary/aromatic N) is 5. The molecule has 0 spiro atoms.